The highest BCUT2D eigenvalue weighted by Crippen LogP contribution is 2.42. The second kappa shape index (κ2) is 6.11. The molecule has 0 bridgehead atoms. The molecule has 2 aliphatic carbocycles. The Labute approximate surface area is 150 Å². The molecular weight excluding hydrogens is 338 g/mol. The van der Waals surface area contributed by atoms with Gasteiger partial charge in [-0.25, -0.2) is 8.42 Å². The summed E-state index contributed by atoms with van der Waals surface area (Å²) in [5.41, 5.74) is 1.37. The number of aromatic nitrogens is 2. The Morgan fingerprint density at radius 2 is 1.88 bits per heavy atom. The van der Waals surface area contributed by atoms with E-state index in [4.69, 9.17) is 0 Å². The van der Waals surface area contributed by atoms with Crippen molar-refractivity contribution < 1.29 is 13.2 Å². The lowest BCUT2D eigenvalue weighted by Crippen LogP contribution is -2.44. The average molecular weight is 368 g/mol. The molecule has 1 heterocycles. The highest BCUT2D eigenvalue weighted by atomic mass is 32.2. The van der Waals surface area contributed by atoms with E-state index in [9.17, 15) is 13.2 Å². The maximum atomic E-state index is 13.0. The van der Waals surface area contributed by atoms with Crippen LogP contribution in [-0.2, 0) is 15.4 Å². The van der Waals surface area contributed by atoms with Crippen molar-refractivity contribution in [2.75, 3.05) is 13.3 Å². The molecule has 1 aromatic rings. The van der Waals surface area contributed by atoms with Crippen molar-refractivity contribution in [3.8, 4) is 0 Å². The third-order valence-electron chi connectivity index (χ3n) is 5.37. The summed E-state index contributed by atoms with van der Waals surface area (Å²) < 4.78 is 26.0. The molecule has 7 heteroatoms. The van der Waals surface area contributed by atoms with E-state index in [1.807, 2.05) is 10.7 Å². The fraction of sp³-hybridized carbons (Fsp3) is 0.778. The molecule has 3 rings (SSSR count). The van der Waals surface area contributed by atoms with Gasteiger partial charge in [-0.2, -0.15) is 5.10 Å². The first kappa shape index (κ1) is 18.4. The summed E-state index contributed by atoms with van der Waals surface area (Å²) in [5.74, 6) is 0.319. The molecule has 1 aromatic heterocycles. The van der Waals surface area contributed by atoms with Crippen molar-refractivity contribution in [3.05, 3.63) is 17.5 Å². The lowest BCUT2D eigenvalue weighted by molar-refractivity contribution is 0.0729. The van der Waals surface area contributed by atoms with Crippen molar-refractivity contribution in [1.29, 1.82) is 0 Å². The Hall–Kier alpha value is -1.37. The number of rotatable bonds is 4. The minimum atomic E-state index is -3.16. The predicted octanol–water partition coefficient (Wildman–Crippen LogP) is 2.55. The first-order valence-electron chi connectivity index (χ1n) is 9.06. The van der Waals surface area contributed by atoms with Crippen molar-refractivity contribution in [1.82, 2.24) is 14.7 Å². The lowest BCUT2D eigenvalue weighted by Gasteiger charge is -2.28. The first-order valence-corrected chi connectivity index (χ1v) is 11.0. The third kappa shape index (κ3) is 3.61. The summed E-state index contributed by atoms with van der Waals surface area (Å²) in [7, 11) is -1.45. The number of sulfone groups is 1. The Kier molecular flexibility index (Phi) is 4.50. The van der Waals surface area contributed by atoms with Crippen LogP contribution in [0.1, 0.15) is 75.0 Å². The van der Waals surface area contributed by atoms with Crippen LogP contribution < -0.4 is 0 Å². The Bertz CT molecular complexity index is 772. The van der Waals surface area contributed by atoms with E-state index in [0.717, 1.165) is 31.4 Å². The monoisotopic (exact) mass is 367 g/mol. The van der Waals surface area contributed by atoms with Gasteiger partial charge in [-0.15, -0.1) is 0 Å². The van der Waals surface area contributed by atoms with E-state index in [2.05, 4.69) is 25.9 Å². The van der Waals surface area contributed by atoms with Crippen molar-refractivity contribution >= 4 is 15.7 Å². The van der Waals surface area contributed by atoms with E-state index in [-0.39, 0.29) is 17.5 Å². The van der Waals surface area contributed by atoms with Gasteiger partial charge in [0.25, 0.3) is 5.91 Å². The van der Waals surface area contributed by atoms with Crippen LogP contribution in [0.2, 0.25) is 0 Å². The molecule has 1 amide bonds. The van der Waals surface area contributed by atoms with Crippen LogP contribution in [0, 0.1) is 0 Å². The number of nitrogens with zero attached hydrogens (tertiary/aromatic N) is 3. The van der Waals surface area contributed by atoms with Gasteiger partial charge in [-0.05, 0) is 58.9 Å². The number of carbonyl (C=O) groups is 1. The lowest BCUT2D eigenvalue weighted by atomic mass is 10.1. The van der Waals surface area contributed by atoms with Gasteiger partial charge in [0.2, 0.25) is 0 Å². The summed E-state index contributed by atoms with van der Waals surface area (Å²) in [6, 6.07) is 1.65. The van der Waals surface area contributed by atoms with Crippen LogP contribution in [-0.4, -0.2) is 53.6 Å². The van der Waals surface area contributed by atoms with E-state index in [1.165, 1.54) is 6.26 Å². The molecule has 0 N–H and O–H groups in total. The number of carbonyl (C=O) groups excluding carboxylic acids is 1. The first-order chi connectivity index (χ1) is 11.5. The second-order valence-corrected chi connectivity index (χ2v) is 10.9. The van der Waals surface area contributed by atoms with Crippen LogP contribution in [0.4, 0.5) is 0 Å². The zero-order valence-corrected chi connectivity index (χ0v) is 16.6. The Morgan fingerprint density at radius 3 is 2.40 bits per heavy atom. The molecule has 2 aliphatic rings. The average Bonchev–Trinajstić information content (AvgIpc) is 3.03. The topological polar surface area (TPSA) is 72.3 Å². The van der Waals surface area contributed by atoms with Crippen LogP contribution in [0.15, 0.2) is 6.07 Å². The van der Waals surface area contributed by atoms with E-state index in [1.54, 1.807) is 11.9 Å². The van der Waals surface area contributed by atoms with Gasteiger partial charge in [0.1, 0.15) is 0 Å². The molecule has 140 valence electrons. The number of amides is 1. The smallest absolute Gasteiger partial charge is 0.274 e. The molecule has 6 nitrogen and oxygen atoms in total. The Morgan fingerprint density at radius 1 is 1.24 bits per heavy atom. The van der Waals surface area contributed by atoms with Gasteiger partial charge in [0.15, 0.2) is 15.5 Å². The van der Waals surface area contributed by atoms with E-state index < -0.39 is 15.1 Å². The van der Waals surface area contributed by atoms with Gasteiger partial charge < -0.3 is 4.90 Å². The molecule has 2 saturated carbocycles. The van der Waals surface area contributed by atoms with Gasteiger partial charge in [0, 0.05) is 31.0 Å². The normalized spacial score (nSPS) is 24.5. The molecule has 25 heavy (non-hydrogen) atoms. The van der Waals surface area contributed by atoms with E-state index in [0.29, 0.717) is 18.0 Å². The zero-order chi connectivity index (χ0) is 18.6. The molecule has 2 atom stereocenters. The standard InChI is InChI=1S/C18H29N3O3S/c1-18(2,3)21-15(12-9-10-12)11-13(19-21)17(22)20(4)14-7-6-8-16(14)25(5,23)24/h11-12,14,16H,6-10H2,1-5H3/t14-,16-/m1/s1. The van der Waals surface area contributed by atoms with Gasteiger partial charge >= 0.3 is 0 Å². The quantitative estimate of drug-likeness (QED) is 0.820. The second-order valence-electron chi connectivity index (χ2n) is 8.59. The molecule has 0 unspecified atom stereocenters. The molecule has 0 aromatic carbocycles. The van der Waals surface area contributed by atoms with E-state index >= 15 is 0 Å². The van der Waals surface area contributed by atoms with Crippen LogP contribution in [0.25, 0.3) is 0 Å². The maximum absolute atomic E-state index is 13.0. The molecule has 0 saturated heterocycles. The predicted molar refractivity (Wildman–Crippen MR) is 97.6 cm³/mol. The van der Waals surface area contributed by atoms with Crippen LogP contribution in [0.3, 0.4) is 0 Å². The number of hydrogen-bond acceptors (Lipinski definition) is 4. The summed E-state index contributed by atoms with van der Waals surface area (Å²) in [5, 5.41) is 4.13. The highest BCUT2D eigenvalue weighted by molar-refractivity contribution is 7.91. The van der Waals surface area contributed by atoms with Gasteiger partial charge in [-0.3, -0.25) is 9.48 Å². The fourth-order valence-electron chi connectivity index (χ4n) is 3.89. The minimum absolute atomic E-state index is 0.176. The maximum Gasteiger partial charge on any atom is 0.274 e. The molecule has 0 radical (unpaired) electrons. The van der Waals surface area contributed by atoms with Crippen molar-refractivity contribution in [2.45, 2.75) is 75.6 Å². The summed E-state index contributed by atoms with van der Waals surface area (Å²) in [6.07, 6.45) is 5.76. The molecule has 0 spiro atoms. The summed E-state index contributed by atoms with van der Waals surface area (Å²) in [6.45, 7) is 6.25. The summed E-state index contributed by atoms with van der Waals surface area (Å²) >= 11 is 0. The number of hydrogen-bond donors (Lipinski definition) is 0. The van der Waals surface area contributed by atoms with Crippen LogP contribution in [0.5, 0.6) is 0 Å². The summed E-state index contributed by atoms with van der Waals surface area (Å²) in [4.78, 5) is 14.6. The zero-order valence-electron chi connectivity index (χ0n) is 15.8. The largest absolute Gasteiger partial charge is 0.336 e. The SMILES string of the molecule is CN(C(=O)c1cc(C2CC2)n(C(C)(C)C)n1)[C@@H]1CCC[C@H]1S(C)(=O)=O. The third-order valence-corrected chi connectivity index (χ3v) is 7.02. The van der Waals surface area contributed by atoms with Gasteiger partial charge in [-0.1, -0.05) is 0 Å². The molecular formula is C18H29N3O3S. The van der Waals surface area contributed by atoms with Crippen LogP contribution >= 0.6 is 0 Å². The minimum Gasteiger partial charge on any atom is -0.336 e. The van der Waals surface area contributed by atoms with Gasteiger partial charge in [0.05, 0.1) is 10.8 Å². The Balaban J connectivity index is 1.88. The van der Waals surface area contributed by atoms with Crippen molar-refractivity contribution in [3.63, 3.8) is 0 Å². The van der Waals surface area contributed by atoms with Crippen molar-refractivity contribution in [2.24, 2.45) is 0 Å². The fourth-order valence-corrected chi connectivity index (χ4v) is 5.37. The molecule has 2 fully saturated rings. The highest BCUT2D eigenvalue weighted by Gasteiger charge is 2.40. The molecule has 0 aliphatic heterocycles.